The highest BCUT2D eigenvalue weighted by molar-refractivity contribution is 5.86. The third-order valence-electron chi connectivity index (χ3n) is 8.50. The van der Waals surface area contributed by atoms with Crippen LogP contribution in [-0.2, 0) is 4.79 Å². The predicted octanol–water partition coefficient (Wildman–Crippen LogP) is 4.88. The summed E-state index contributed by atoms with van der Waals surface area (Å²) in [7, 11) is 0. The minimum absolute atomic E-state index is 0.0630. The summed E-state index contributed by atoms with van der Waals surface area (Å²) >= 11 is 0. The molecule has 4 nitrogen and oxygen atoms in total. The highest BCUT2D eigenvalue weighted by Crippen LogP contribution is 2.59. The lowest BCUT2D eigenvalue weighted by molar-refractivity contribution is -0.134. The molecule has 174 valence electrons. The number of aliphatic hydroxyl groups excluding tert-OH is 2. The standard InChI is InChI=1S/C27H42O4/c1-17(8-13-25(30)26(3,4)31)22-11-12-23-19(7-6-14-27(22,23)5)9-10-20-15-21(28)16-24(29)18(20)2/h9-10,17,21-24,28-29,31H,2,6-8,11-16H2,1,3-5H3/b19-9+,20-10+/t17-,21-,22-,23+,24+,27-/m1/s1. The molecule has 3 saturated carbocycles. The summed E-state index contributed by atoms with van der Waals surface area (Å²) < 4.78 is 0. The van der Waals surface area contributed by atoms with E-state index < -0.39 is 17.8 Å². The van der Waals surface area contributed by atoms with Crippen LogP contribution in [0.25, 0.3) is 0 Å². The molecule has 0 unspecified atom stereocenters. The number of ketones is 1. The van der Waals surface area contributed by atoms with Gasteiger partial charge in [-0.2, -0.15) is 0 Å². The minimum atomic E-state index is -1.24. The van der Waals surface area contributed by atoms with Crippen LogP contribution in [0.5, 0.6) is 0 Å². The van der Waals surface area contributed by atoms with Gasteiger partial charge in [0.25, 0.3) is 0 Å². The molecule has 0 amide bonds. The molecule has 0 aromatic heterocycles. The molecule has 6 atom stereocenters. The molecule has 0 aliphatic heterocycles. The van der Waals surface area contributed by atoms with Crippen LogP contribution in [0.15, 0.2) is 35.5 Å². The molecule has 0 bridgehead atoms. The molecule has 0 aromatic rings. The normalized spacial score (nSPS) is 37.8. The molecule has 3 rings (SSSR count). The Labute approximate surface area is 188 Å². The average Bonchev–Trinajstić information content (AvgIpc) is 3.04. The van der Waals surface area contributed by atoms with Gasteiger partial charge in [-0.1, -0.05) is 38.2 Å². The lowest BCUT2D eigenvalue weighted by Gasteiger charge is -2.44. The molecular weight excluding hydrogens is 388 g/mol. The van der Waals surface area contributed by atoms with Gasteiger partial charge in [-0.25, -0.2) is 0 Å². The third-order valence-corrected chi connectivity index (χ3v) is 8.50. The van der Waals surface area contributed by atoms with Crippen LogP contribution in [0.2, 0.25) is 0 Å². The number of allylic oxidation sites excluding steroid dienone is 3. The van der Waals surface area contributed by atoms with Gasteiger partial charge in [-0.05, 0) is 93.1 Å². The molecule has 3 aliphatic rings. The van der Waals surface area contributed by atoms with Crippen molar-refractivity contribution in [1.29, 1.82) is 0 Å². The molecular formula is C27H42O4. The Hall–Kier alpha value is -1.23. The van der Waals surface area contributed by atoms with E-state index in [1.165, 1.54) is 31.3 Å². The van der Waals surface area contributed by atoms with Crippen molar-refractivity contribution in [2.45, 2.75) is 103 Å². The van der Waals surface area contributed by atoms with Crippen LogP contribution in [0.1, 0.15) is 85.5 Å². The lowest BCUT2D eigenvalue weighted by atomic mass is 9.60. The molecule has 0 heterocycles. The summed E-state index contributed by atoms with van der Waals surface area (Å²) in [6.45, 7) is 11.9. The van der Waals surface area contributed by atoms with Crippen molar-refractivity contribution in [1.82, 2.24) is 0 Å². The van der Waals surface area contributed by atoms with Crippen molar-refractivity contribution in [2.24, 2.45) is 23.2 Å². The molecule has 0 spiro atoms. The van der Waals surface area contributed by atoms with Crippen molar-refractivity contribution in [3.63, 3.8) is 0 Å². The summed E-state index contributed by atoms with van der Waals surface area (Å²) in [4.78, 5) is 12.2. The maximum atomic E-state index is 12.2. The van der Waals surface area contributed by atoms with Gasteiger partial charge in [0.05, 0.1) is 12.2 Å². The van der Waals surface area contributed by atoms with E-state index in [1.54, 1.807) is 13.8 Å². The van der Waals surface area contributed by atoms with Crippen LogP contribution < -0.4 is 0 Å². The van der Waals surface area contributed by atoms with Crippen LogP contribution in [0.4, 0.5) is 0 Å². The smallest absolute Gasteiger partial charge is 0.163 e. The first kappa shape index (κ1) is 24.4. The highest BCUT2D eigenvalue weighted by atomic mass is 16.3. The highest BCUT2D eigenvalue weighted by Gasteiger charge is 2.50. The maximum absolute atomic E-state index is 12.2. The van der Waals surface area contributed by atoms with Gasteiger partial charge in [0.1, 0.15) is 5.60 Å². The Morgan fingerprint density at radius 3 is 2.68 bits per heavy atom. The number of hydrogen-bond acceptors (Lipinski definition) is 4. The number of aliphatic hydroxyl groups is 3. The van der Waals surface area contributed by atoms with Gasteiger partial charge in [0.2, 0.25) is 0 Å². The first-order valence-electron chi connectivity index (χ1n) is 12.1. The monoisotopic (exact) mass is 430 g/mol. The van der Waals surface area contributed by atoms with Crippen molar-refractivity contribution < 1.29 is 20.1 Å². The Bertz CT molecular complexity index is 756. The van der Waals surface area contributed by atoms with Crippen LogP contribution in [0, 0.1) is 23.2 Å². The van der Waals surface area contributed by atoms with Crippen molar-refractivity contribution in [3.05, 3.63) is 35.5 Å². The lowest BCUT2D eigenvalue weighted by Crippen LogP contribution is -2.36. The number of carbonyl (C=O) groups excluding carboxylic acids is 1. The van der Waals surface area contributed by atoms with E-state index in [4.69, 9.17) is 0 Å². The Morgan fingerprint density at radius 2 is 2.00 bits per heavy atom. The Balaban J connectivity index is 1.72. The summed E-state index contributed by atoms with van der Waals surface area (Å²) in [5.41, 5.74) is 2.23. The quantitative estimate of drug-likeness (QED) is 0.561. The topological polar surface area (TPSA) is 77.8 Å². The van der Waals surface area contributed by atoms with Crippen LogP contribution in [0.3, 0.4) is 0 Å². The van der Waals surface area contributed by atoms with Gasteiger partial charge in [0.15, 0.2) is 5.78 Å². The first-order chi connectivity index (χ1) is 14.4. The van der Waals surface area contributed by atoms with E-state index in [2.05, 4.69) is 32.6 Å². The number of hydrogen-bond donors (Lipinski definition) is 3. The van der Waals surface area contributed by atoms with Crippen LogP contribution in [-0.4, -0.2) is 38.9 Å². The number of rotatable bonds is 6. The summed E-state index contributed by atoms with van der Waals surface area (Å²) in [6.07, 6.45) is 11.3. The van der Waals surface area contributed by atoms with E-state index in [-0.39, 0.29) is 11.2 Å². The molecule has 4 heteroatoms. The predicted molar refractivity (Wildman–Crippen MR) is 124 cm³/mol. The number of fused-ring (bicyclic) bond motifs is 1. The fraction of sp³-hybridized carbons (Fsp3) is 0.741. The molecule has 0 radical (unpaired) electrons. The minimum Gasteiger partial charge on any atom is -0.393 e. The van der Waals surface area contributed by atoms with E-state index in [0.29, 0.717) is 37.0 Å². The van der Waals surface area contributed by atoms with E-state index >= 15 is 0 Å². The molecule has 31 heavy (non-hydrogen) atoms. The molecule has 3 aliphatic carbocycles. The summed E-state index contributed by atoms with van der Waals surface area (Å²) in [5.74, 6) is 1.55. The Kier molecular flexibility index (Phi) is 7.35. The fourth-order valence-electron chi connectivity index (χ4n) is 6.55. The SMILES string of the molecule is C=C1/C(=C/C=C2\CCC[C@]3(C)[C@@H]([C@H](C)CCC(=O)C(C)(C)O)CC[C@@H]23)C[C@@H](O)C[C@@H]1O. The number of Topliss-reactive ketones (excluding diaryl/α,β-unsaturated/α-hetero) is 1. The third kappa shape index (κ3) is 5.23. The van der Waals surface area contributed by atoms with E-state index in [0.717, 1.165) is 24.0 Å². The molecule has 0 aromatic carbocycles. The summed E-state index contributed by atoms with van der Waals surface area (Å²) in [5, 5.41) is 30.1. The van der Waals surface area contributed by atoms with Crippen molar-refractivity contribution in [3.8, 4) is 0 Å². The van der Waals surface area contributed by atoms with Crippen molar-refractivity contribution >= 4 is 5.78 Å². The summed E-state index contributed by atoms with van der Waals surface area (Å²) in [6, 6.07) is 0. The average molecular weight is 431 g/mol. The molecule has 0 saturated heterocycles. The molecule has 3 fully saturated rings. The zero-order chi connectivity index (χ0) is 23.0. The van der Waals surface area contributed by atoms with Crippen molar-refractivity contribution in [2.75, 3.05) is 0 Å². The van der Waals surface area contributed by atoms with Gasteiger partial charge < -0.3 is 15.3 Å². The largest absolute Gasteiger partial charge is 0.393 e. The zero-order valence-corrected chi connectivity index (χ0v) is 19.9. The second kappa shape index (κ2) is 9.33. The van der Waals surface area contributed by atoms with E-state index in [9.17, 15) is 20.1 Å². The Morgan fingerprint density at radius 1 is 1.29 bits per heavy atom. The number of carbonyl (C=O) groups is 1. The first-order valence-corrected chi connectivity index (χ1v) is 12.1. The van der Waals surface area contributed by atoms with E-state index in [1.807, 2.05) is 0 Å². The second-order valence-corrected chi connectivity index (χ2v) is 11.2. The zero-order valence-electron chi connectivity index (χ0n) is 19.9. The van der Waals surface area contributed by atoms with Crippen LogP contribution >= 0.6 is 0 Å². The van der Waals surface area contributed by atoms with Gasteiger partial charge in [-0.15, -0.1) is 0 Å². The van der Waals surface area contributed by atoms with Gasteiger partial charge >= 0.3 is 0 Å². The maximum Gasteiger partial charge on any atom is 0.163 e. The molecule has 3 N–H and O–H groups in total. The second-order valence-electron chi connectivity index (χ2n) is 11.2. The van der Waals surface area contributed by atoms with Gasteiger partial charge in [-0.3, -0.25) is 4.79 Å². The fourth-order valence-corrected chi connectivity index (χ4v) is 6.55. The van der Waals surface area contributed by atoms with Gasteiger partial charge in [0, 0.05) is 12.8 Å².